The van der Waals surface area contributed by atoms with Gasteiger partial charge >= 0.3 is 6.09 Å². The first-order chi connectivity index (χ1) is 14.4. The standard InChI is InChI=1S/C22H26F2N2O4/c1-2-13-3-4-21-17(9-13)18(5-6-30-21)25-12-20(27)19(26-22(28)29)10-14-7-15(23)11-16(24)8-14/h3-4,7-9,11,18-20,25-27H,2,5-6,10,12H2,1H3,(H,28,29)/t18?,19-,20+/m0/s1. The fourth-order valence-electron chi connectivity index (χ4n) is 3.71. The number of hydrogen-bond acceptors (Lipinski definition) is 4. The number of aliphatic hydroxyl groups excluding tert-OH is 1. The van der Waals surface area contributed by atoms with Gasteiger partial charge in [-0.3, -0.25) is 0 Å². The highest BCUT2D eigenvalue weighted by molar-refractivity contribution is 5.65. The lowest BCUT2D eigenvalue weighted by Gasteiger charge is -2.30. The van der Waals surface area contributed by atoms with Crippen LogP contribution >= 0.6 is 0 Å². The molecule has 1 aliphatic rings. The number of fused-ring (bicyclic) bond motifs is 1. The number of aryl methyl sites for hydroxylation is 1. The Balaban J connectivity index is 1.69. The third-order valence-electron chi connectivity index (χ3n) is 5.25. The van der Waals surface area contributed by atoms with E-state index in [-0.39, 0.29) is 24.6 Å². The van der Waals surface area contributed by atoms with Crippen molar-refractivity contribution >= 4 is 6.09 Å². The van der Waals surface area contributed by atoms with E-state index in [1.165, 1.54) is 5.56 Å². The summed E-state index contributed by atoms with van der Waals surface area (Å²) < 4.78 is 32.6. The molecule has 30 heavy (non-hydrogen) atoms. The third kappa shape index (κ3) is 5.67. The molecule has 0 spiro atoms. The van der Waals surface area contributed by atoms with E-state index in [2.05, 4.69) is 23.6 Å². The molecule has 2 aromatic rings. The molecule has 6 nitrogen and oxygen atoms in total. The molecule has 162 valence electrons. The van der Waals surface area contributed by atoms with Crippen molar-refractivity contribution in [3.05, 3.63) is 64.7 Å². The Kier molecular flexibility index (Phi) is 7.23. The number of aliphatic hydroxyl groups is 1. The lowest BCUT2D eigenvalue weighted by Crippen LogP contribution is -2.49. The first kappa shape index (κ1) is 22.0. The average Bonchev–Trinajstić information content (AvgIpc) is 2.70. The largest absolute Gasteiger partial charge is 0.493 e. The van der Waals surface area contributed by atoms with Gasteiger partial charge in [0.05, 0.1) is 18.8 Å². The molecule has 8 heteroatoms. The van der Waals surface area contributed by atoms with E-state index >= 15 is 0 Å². The van der Waals surface area contributed by atoms with Crippen molar-refractivity contribution < 1.29 is 28.5 Å². The Hall–Kier alpha value is -2.71. The first-order valence-corrected chi connectivity index (χ1v) is 9.97. The SMILES string of the molecule is CCc1ccc2c(c1)C(NC[C@@H](O)[C@H](Cc1cc(F)cc(F)c1)NC(=O)O)CCO2. The van der Waals surface area contributed by atoms with Crippen molar-refractivity contribution in [1.29, 1.82) is 0 Å². The average molecular weight is 420 g/mol. The third-order valence-corrected chi connectivity index (χ3v) is 5.25. The van der Waals surface area contributed by atoms with Crippen LogP contribution in [0.25, 0.3) is 0 Å². The van der Waals surface area contributed by atoms with Crippen LogP contribution < -0.4 is 15.4 Å². The molecular weight excluding hydrogens is 394 g/mol. The molecule has 4 N–H and O–H groups in total. The van der Waals surface area contributed by atoms with E-state index in [1.54, 1.807) is 0 Å². The number of ether oxygens (including phenoxy) is 1. The molecule has 0 bridgehead atoms. The monoisotopic (exact) mass is 420 g/mol. The number of carbonyl (C=O) groups is 1. The minimum absolute atomic E-state index is 0.0474. The van der Waals surface area contributed by atoms with Crippen LogP contribution in [0.15, 0.2) is 36.4 Å². The second-order valence-corrected chi connectivity index (χ2v) is 7.43. The topological polar surface area (TPSA) is 90.8 Å². The minimum atomic E-state index is -1.32. The zero-order valence-electron chi connectivity index (χ0n) is 16.7. The fourth-order valence-corrected chi connectivity index (χ4v) is 3.71. The molecule has 3 rings (SSSR count). The number of amides is 1. The van der Waals surface area contributed by atoms with Gasteiger partial charge in [0, 0.05) is 30.6 Å². The van der Waals surface area contributed by atoms with Crippen molar-refractivity contribution in [2.45, 2.75) is 44.4 Å². The van der Waals surface area contributed by atoms with Crippen LogP contribution in [-0.4, -0.2) is 41.6 Å². The van der Waals surface area contributed by atoms with Gasteiger partial charge in [0.2, 0.25) is 0 Å². The van der Waals surface area contributed by atoms with Crippen molar-refractivity contribution in [2.24, 2.45) is 0 Å². The molecule has 1 unspecified atom stereocenters. The van der Waals surface area contributed by atoms with E-state index in [0.29, 0.717) is 13.0 Å². The highest BCUT2D eigenvalue weighted by atomic mass is 19.1. The molecule has 1 heterocycles. The van der Waals surface area contributed by atoms with Crippen LogP contribution in [0, 0.1) is 11.6 Å². The van der Waals surface area contributed by atoms with Gasteiger partial charge in [-0.2, -0.15) is 0 Å². The van der Waals surface area contributed by atoms with E-state index in [1.807, 2.05) is 12.1 Å². The van der Waals surface area contributed by atoms with Gasteiger partial charge in [-0.25, -0.2) is 13.6 Å². The second-order valence-electron chi connectivity index (χ2n) is 7.43. The van der Waals surface area contributed by atoms with Gasteiger partial charge in [0.25, 0.3) is 0 Å². The van der Waals surface area contributed by atoms with E-state index in [9.17, 15) is 18.7 Å². The molecule has 3 atom stereocenters. The first-order valence-electron chi connectivity index (χ1n) is 9.97. The summed E-state index contributed by atoms with van der Waals surface area (Å²) in [5, 5.41) is 25.3. The molecule has 1 amide bonds. The number of hydrogen-bond donors (Lipinski definition) is 4. The van der Waals surface area contributed by atoms with Crippen molar-refractivity contribution in [1.82, 2.24) is 10.6 Å². The summed E-state index contributed by atoms with van der Waals surface area (Å²) in [4.78, 5) is 11.2. The fraction of sp³-hybridized carbons (Fsp3) is 0.409. The summed E-state index contributed by atoms with van der Waals surface area (Å²) in [5.74, 6) is -0.713. The zero-order valence-corrected chi connectivity index (χ0v) is 16.7. The van der Waals surface area contributed by atoms with E-state index < -0.39 is 29.9 Å². The Morgan fingerprint density at radius 3 is 2.60 bits per heavy atom. The Morgan fingerprint density at radius 2 is 1.93 bits per heavy atom. The van der Waals surface area contributed by atoms with Crippen LogP contribution in [0.1, 0.15) is 36.1 Å². The van der Waals surface area contributed by atoms with Crippen LogP contribution in [0.5, 0.6) is 5.75 Å². The van der Waals surface area contributed by atoms with E-state index in [4.69, 9.17) is 9.84 Å². The molecule has 0 radical (unpaired) electrons. The van der Waals surface area contributed by atoms with Crippen molar-refractivity contribution in [3.8, 4) is 5.75 Å². The summed E-state index contributed by atoms with van der Waals surface area (Å²) in [6.45, 7) is 2.70. The zero-order chi connectivity index (χ0) is 21.7. The molecular formula is C22H26F2N2O4. The second kappa shape index (κ2) is 9.86. The number of halogens is 2. The van der Waals surface area contributed by atoms with Gasteiger partial charge in [0.15, 0.2) is 0 Å². The van der Waals surface area contributed by atoms with Gasteiger partial charge in [-0.1, -0.05) is 19.1 Å². The van der Waals surface area contributed by atoms with Gasteiger partial charge < -0.3 is 25.6 Å². The molecule has 0 saturated heterocycles. The van der Waals surface area contributed by atoms with Crippen LogP contribution in [0.4, 0.5) is 13.6 Å². The number of rotatable bonds is 8. The maximum Gasteiger partial charge on any atom is 0.404 e. The minimum Gasteiger partial charge on any atom is -0.493 e. The maximum absolute atomic E-state index is 13.5. The molecule has 0 saturated carbocycles. The lowest BCUT2D eigenvalue weighted by molar-refractivity contribution is 0.112. The summed E-state index contributed by atoms with van der Waals surface area (Å²) >= 11 is 0. The quantitative estimate of drug-likeness (QED) is 0.527. The summed E-state index contributed by atoms with van der Waals surface area (Å²) in [6, 6.07) is 8.04. The van der Waals surface area contributed by atoms with Crippen LogP contribution in [-0.2, 0) is 12.8 Å². The number of benzene rings is 2. The molecule has 0 aromatic heterocycles. The number of carboxylic acid groups (broad SMARTS) is 1. The number of nitrogens with one attached hydrogen (secondary N) is 2. The van der Waals surface area contributed by atoms with Crippen LogP contribution in [0.3, 0.4) is 0 Å². The maximum atomic E-state index is 13.5. The highest BCUT2D eigenvalue weighted by Crippen LogP contribution is 2.33. The van der Waals surface area contributed by atoms with Crippen molar-refractivity contribution in [2.75, 3.05) is 13.2 Å². The van der Waals surface area contributed by atoms with E-state index in [0.717, 1.165) is 35.9 Å². The molecule has 1 aliphatic heterocycles. The Morgan fingerprint density at radius 1 is 1.20 bits per heavy atom. The van der Waals surface area contributed by atoms with Crippen molar-refractivity contribution in [3.63, 3.8) is 0 Å². The smallest absolute Gasteiger partial charge is 0.404 e. The Bertz CT molecular complexity index is 873. The molecule has 0 aliphatic carbocycles. The Labute approximate surface area is 173 Å². The summed E-state index contributed by atoms with van der Waals surface area (Å²) in [5.41, 5.74) is 2.43. The molecule has 0 fully saturated rings. The summed E-state index contributed by atoms with van der Waals surface area (Å²) in [6.07, 6.45) is -0.877. The normalized spacial score (nSPS) is 17.5. The molecule has 2 aromatic carbocycles. The van der Waals surface area contributed by atoms with Crippen LogP contribution in [0.2, 0.25) is 0 Å². The van der Waals surface area contributed by atoms with Gasteiger partial charge in [0.1, 0.15) is 17.4 Å². The highest BCUT2D eigenvalue weighted by Gasteiger charge is 2.26. The predicted molar refractivity (Wildman–Crippen MR) is 108 cm³/mol. The van der Waals surface area contributed by atoms with Gasteiger partial charge in [-0.15, -0.1) is 0 Å². The predicted octanol–water partition coefficient (Wildman–Crippen LogP) is 3.18. The summed E-state index contributed by atoms with van der Waals surface area (Å²) in [7, 11) is 0. The lowest BCUT2D eigenvalue weighted by atomic mass is 9.96. The van der Waals surface area contributed by atoms with Gasteiger partial charge in [-0.05, 0) is 42.2 Å².